The van der Waals surface area contributed by atoms with Gasteiger partial charge in [-0.05, 0) is 84.1 Å². The summed E-state index contributed by atoms with van der Waals surface area (Å²) < 4.78 is 17.6. The van der Waals surface area contributed by atoms with Crippen LogP contribution in [0.1, 0.15) is 22.5 Å². The van der Waals surface area contributed by atoms with Crippen molar-refractivity contribution in [3.63, 3.8) is 0 Å². The van der Waals surface area contributed by atoms with Crippen molar-refractivity contribution in [3.05, 3.63) is 115 Å². The lowest BCUT2D eigenvalue weighted by Crippen LogP contribution is -2.28. The van der Waals surface area contributed by atoms with Gasteiger partial charge in [0.05, 0.1) is 31.0 Å². The van der Waals surface area contributed by atoms with E-state index in [9.17, 15) is 9.90 Å². The Balaban J connectivity index is 1.35. The van der Waals surface area contributed by atoms with E-state index in [0.717, 1.165) is 21.8 Å². The highest BCUT2D eigenvalue weighted by molar-refractivity contribution is 9.10. The molecule has 1 aliphatic rings. The summed E-state index contributed by atoms with van der Waals surface area (Å²) in [6.07, 6.45) is 4.71. The molecule has 0 radical (unpaired) electrons. The van der Waals surface area contributed by atoms with E-state index in [4.69, 9.17) is 37.1 Å². The third-order valence-corrected chi connectivity index (χ3v) is 8.07. The van der Waals surface area contributed by atoms with Crippen molar-refractivity contribution in [2.45, 2.75) is 13.2 Å². The molecular formula is C30H22BrCl2N3O5S. The first-order valence-electron chi connectivity index (χ1n) is 12.4. The molecule has 0 unspecified atom stereocenters. The predicted molar refractivity (Wildman–Crippen MR) is 169 cm³/mol. The Morgan fingerprint density at radius 2 is 1.95 bits per heavy atom. The normalized spacial score (nSPS) is 15.3. The van der Waals surface area contributed by atoms with Gasteiger partial charge in [0, 0.05) is 25.6 Å². The molecule has 12 heteroatoms. The number of amidine groups is 1. The zero-order chi connectivity index (χ0) is 29.6. The van der Waals surface area contributed by atoms with E-state index in [0.29, 0.717) is 48.5 Å². The Morgan fingerprint density at radius 1 is 1.10 bits per heavy atom. The maximum atomic E-state index is 13.3. The summed E-state index contributed by atoms with van der Waals surface area (Å²) in [4.78, 5) is 15.2. The van der Waals surface area contributed by atoms with E-state index < -0.39 is 0 Å². The van der Waals surface area contributed by atoms with E-state index in [1.165, 1.54) is 4.90 Å². The molecule has 1 fully saturated rings. The van der Waals surface area contributed by atoms with Gasteiger partial charge < -0.3 is 19.0 Å². The number of amides is 1. The van der Waals surface area contributed by atoms with Gasteiger partial charge in [0.25, 0.3) is 5.91 Å². The van der Waals surface area contributed by atoms with Gasteiger partial charge in [0.2, 0.25) is 0 Å². The summed E-state index contributed by atoms with van der Waals surface area (Å²) in [6, 6.07) is 19.1. The van der Waals surface area contributed by atoms with Crippen molar-refractivity contribution in [1.82, 2.24) is 4.90 Å². The van der Waals surface area contributed by atoms with E-state index in [1.54, 1.807) is 92.4 Å². The van der Waals surface area contributed by atoms with Gasteiger partial charge in [-0.15, -0.1) is 5.10 Å². The lowest BCUT2D eigenvalue weighted by Gasteiger charge is -2.13. The summed E-state index contributed by atoms with van der Waals surface area (Å²) in [5.41, 5.74) is 1.99. The fraction of sp³-hybridized carbons (Fsp3) is 0.100. The second-order valence-corrected chi connectivity index (χ2v) is 11.6. The number of halogens is 3. The van der Waals surface area contributed by atoms with Crippen LogP contribution >= 0.6 is 50.9 Å². The fourth-order valence-corrected chi connectivity index (χ4v) is 5.65. The van der Waals surface area contributed by atoms with Gasteiger partial charge in [-0.3, -0.25) is 9.69 Å². The SMILES string of the molecule is COc1cc(/C=N/N=C2\S/C(=C\c3cc(Br)ccc3O)C(=O)N2Cc2ccco2)ccc1OCc1ccc(Cl)cc1Cl. The molecule has 0 bridgehead atoms. The van der Waals surface area contributed by atoms with Crippen molar-refractivity contribution in [1.29, 1.82) is 0 Å². The number of ether oxygens (including phenoxy) is 2. The number of furan rings is 1. The first kappa shape index (κ1) is 29.8. The third kappa shape index (κ3) is 7.19. The number of phenols is 1. The van der Waals surface area contributed by atoms with Gasteiger partial charge >= 0.3 is 0 Å². The summed E-state index contributed by atoms with van der Waals surface area (Å²) >= 11 is 16.8. The fourth-order valence-electron chi connectivity index (χ4n) is 3.89. The topological polar surface area (TPSA) is 96.9 Å². The molecule has 3 aromatic carbocycles. The van der Waals surface area contributed by atoms with Gasteiger partial charge in [0.1, 0.15) is 18.1 Å². The smallest absolute Gasteiger partial charge is 0.267 e. The van der Waals surface area contributed by atoms with Crippen LogP contribution in [0.15, 0.2) is 97.0 Å². The number of benzene rings is 3. The largest absolute Gasteiger partial charge is 0.507 e. The summed E-state index contributed by atoms with van der Waals surface area (Å²) in [7, 11) is 1.54. The minimum atomic E-state index is -0.284. The van der Waals surface area contributed by atoms with Crippen LogP contribution in [0, 0.1) is 0 Å². The van der Waals surface area contributed by atoms with Crippen LogP contribution in [-0.4, -0.2) is 34.4 Å². The Kier molecular flexibility index (Phi) is 9.58. The number of methoxy groups -OCH3 is 1. The van der Waals surface area contributed by atoms with Gasteiger partial charge in [-0.2, -0.15) is 5.10 Å². The molecule has 2 heterocycles. The number of aromatic hydroxyl groups is 1. The minimum absolute atomic E-state index is 0.0535. The molecule has 214 valence electrons. The highest BCUT2D eigenvalue weighted by Crippen LogP contribution is 2.36. The standard InChI is InChI=1S/C30H22BrCl2N3O5S/c1-39-27-11-18(4-9-26(27)41-17-19-5-7-22(32)14-24(19)33)15-34-35-30-36(16-23-3-2-10-40-23)29(38)28(42-30)13-20-12-21(31)6-8-25(20)37/h2-15,37H,16-17H2,1H3/b28-13-,34-15+,35-30-. The molecule has 1 amide bonds. The Labute approximate surface area is 264 Å². The van der Waals surface area contributed by atoms with Gasteiger partial charge in [-0.1, -0.05) is 45.2 Å². The number of hydrogen-bond donors (Lipinski definition) is 1. The highest BCUT2D eigenvalue weighted by Gasteiger charge is 2.34. The zero-order valence-corrected chi connectivity index (χ0v) is 25.9. The summed E-state index contributed by atoms with van der Waals surface area (Å²) in [6.45, 7) is 0.407. The first-order chi connectivity index (χ1) is 20.3. The number of rotatable bonds is 9. The van der Waals surface area contributed by atoms with Crippen LogP contribution in [0.3, 0.4) is 0 Å². The second kappa shape index (κ2) is 13.5. The molecule has 0 spiro atoms. The van der Waals surface area contributed by atoms with E-state index in [1.807, 2.05) is 0 Å². The van der Waals surface area contributed by atoms with E-state index >= 15 is 0 Å². The van der Waals surface area contributed by atoms with Crippen LogP contribution < -0.4 is 9.47 Å². The number of phenolic OH excluding ortho intramolecular Hbond substituents is 1. The predicted octanol–water partition coefficient (Wildman–Crippen LogP) is 8.15. The van der Waals surface area contributed by atoms with Crippen molar-refractivity contribution >= 4 is 74.3 Å². The van der Waals surface area contributed by atoms with E-state index in [2.05, 4.69) is 26.1 Å². The summed E-state index contributed by atoms with van der Waals surface area (Å²) in [5.74, 6) is 1.39. The average Bonchev–Trinajstić information content (AvgIpc) is 3.59. The molecule has 1 aromatic heterocycles. The highest BCUT2D eigenvalue weighted by atomic mass is 79.9. The van der Waals surface area contributed by atoms with Crippen LogP contribution in [0.4, 0.5) is 0 Å². The molecule has 0 atom stereocenters. The van der Waals surface area contributed by atoms with Crippen LogP contribution in [0.2, 0.25) is 10.0 Å². The zero-order valence-electron chi connectivity index (χ0n) is 22.0. The number of carbonyl (C=O) groups is 1. The first-order valence-corrected chi connectivity index (χ1v) is 14.8. The molecule has 5 rings (SSSR count). The van der Waals surface area contributed by atoms with Crippen LogP contribution in [0.5, 0.6) is 17.2 Å². The molecule has 0 aliphatic carbocycles. The molecule has 0 saturated carbocycles. The molecule has 1 saturated heterocycles. The Hall–Kier alpha value is -3.70. The van der Waals surface area contributed by atoms with Gasteiger partial charge in [0.15, 0.2) is 16.7 Å². The number of nitrogens with zero attached hydrogens (tertiary/aromatic N) is 3. The monoisotopic (exact) mass is 685 g/mol. The molecule has 1 N–H and O–H groups in total. The second-order valence-electron chi connectivity index (χ2n) is 8.85. The van der Waals surface area contributed by atoms with Gasteiger partial charge in [-0.25, -0.2) is 0 Å². The minimum Gasteiger partial charge on any atom is -0.507 e. The average molecular weight is 687 g/mol. The lowest BCUT2D eigenvalue weighted by atomic mass is 10.2. The Morgan fingerprint density at radius 3 is 2.71 bits per heavy atom. The van der Waals surface area contributed by atoms with Crippen molar-refractivity contribution in [2.24, 2.45) is 10.2 Å². The quantitative estimate of drug-likeness (QED) is 0.108. The molecule has 1 aliphatic heterocycles. The third-order valence-electron chi connectivity index (χ3n) is 5.99. The molecular weight excluding hydrogens is 665 g/mol. The van der Waals surface area contributed by atoms with Crippen LogP contribution in [-0.2, 0) is 17.9 Å². The molecule has 4 aromatic rings. The maximum Gasteiger partial charge on any atom is 0.267 e. The molecule has 8 nitrogen and oxygen atoms in total. The van der Waals surface area contributed by atoms with Crippen molar-refractivity contribution in [3.8, 4) is 17.2 Å². The van der Waals surface area contributed by atoms with E-state index in [-0.39, 0.29) is 24.8 Å². The lowest BCUT2D eigenvalue weighted by molar-refractivity contribution is -0.122. The van der Waals surface area contributed by atoms with Crippen molar-refractivity contribution in [2.75, 3.05) is 7.11 Å². The van der Waals surface area contributed by atoms with Crippen molar-refractivity contribution < 1.29 is 23.8 Å². The maximum absolute atomic E-state index is 13.3. The van der Waals surface area contributed by atoms with Crippen LogP contribution in [0.25, 0.3) is 6.08 Å². The molecule has 42 heavy (non-hydrogen) atoms. The summed E-state index contributed by atoms with van der Waals surface area (Å²) in [5, 5.41) is 20.3. The Bertz CT molecular complexity index is 1710. The number of hydrogen-bond acceptors (Lipinski definition) is 8. The number of carbonyl (C=O) groups excluding carboxylic acids is 1. The number of thioether (sulfide) groups is 1.